The molecule has 1 rings (SSSR count). The lowest BCUT2D eigenvalue weighted by Gasteiger charge is -2.12. The van der Waals surface area contributed by atoms with Crippen molar-refractivity contribution in [2.24, 2.45) is 0 Å². The molecule has 0 atom stereocenters. The average Bonchev–Trinajstić information content (AvgIpc) is 2.27. The molecule has 0 amide bonds. The zero-order chi connectivity index (χ0) is 12.1. The molecule has 1 N–H and O–H groups in total. The Balaban J connectivity index is 3.30. The molecule has 0 unspecified atom stereocenters. The van der Waals surface area contributed by atoms with Crippen molar-refractivity contribution >= 4 is 12.4 Å². The second-order valence-electron chi connectivity index (χ2n) is 3.00. The van der Waals surface area contributed by atoms with Gasteiger partial charge in [-0.1, -0.05) is 6.92 Å². The molecule has 1 aromatic rings. The number of methoxy groups -OCH3 is 1. The van der Waals surface area contributed by atoms with Crippen molar-refractivity contribution in [3.63, 3.8) is 0 Å². The van der Waals surface area contributed by atoms with Crippen molar-refractivity contribution in [1.82, 2.24) is 0 Å². The quantitative estimate of drug-likeness (QED) is 0.481. The molecule has 0 fully saturated rings. The van der Waals surface area contributed by atoms with Gasteiger partial charge in [-0.15, -0.1) is 0 Å². The summed E-state index contributed by atoms with van der Waals surface area (Å²) in [5.41, 5.74) is 1.10. The van der Waals surface area contributed by atoms with Gasteiger partial charge in [-0.3, -0.25) is 4.79 Å². The van der Waals surface area contributed by atoms with Gasteiger partial charge in [0.05, 0.1) is 7.11 Å². The second-order valence-corrected chi connectivity index (χ2v) is 3.00. The maximum Gasteiger partial charge on any atom is 0.511 e. The Labute approximate surface area is 92.6 Å². The van der Waals surface area contributed by atoms with Crippen LogP contribution in [0.5, 0.6) is 11.5 Å². The van der Waals surface area contributed by atoms with E-state index in [1.165, 1.54) is 19.2 Å². The molecule has 0 aliphatic rings. The van der Waals surface area contributed by atoms with Crippen molar-refractivity contribution in [2.45, 2.75) is 13.3 Å². The zero-order valence-electron chi connectivity index (χ0n) is 9.02. The average molecular weight is 224 g/mol. The van der Waals surface area contributed by atoms with E-state index in [2.05, 4.69) is 4.74 Å². The molecule has 5 heteroatoms. The number of carbonyl (C=O) groups excluding carboxylic acids is 1. The molecule has 0 saturated heterocycles. The highest BCUT2D eigenvalue weighted by atomic mass is 16.7. The van der Waals surface area contributed by atoms with Gasteiger partial charge < -0.3 is 14.6 Å². The van der Waals surface area contributed by atoms with Gasteiger partial charge >= 0.3 is 6.16 Å². The topological polar surface area (TPSA) is 72.8 Å². The fraction of sp³-hybridized carbons (Fsp3) is 0.273. The van der Waals surface area contributed by atoms with Crippen LogP contribution in [0.15, 0.2) is 12.1 Å². The van der Waals surface area contributed by atoms with Crippen LogP contribution in [0.2, 0.25) is 0 Å². The van der Waals surface area contributed by atoms with Gasteiger partial charge in [0.15, 0.2) is 11.5 Å². The third kappa shape index (κ3) is 2.31. The fourth-order valence-corrected chi connectivity index (χ4v) is 1.49. The first-order chi connectivity index (χ1) is 7.63. The second kappa shape index (κ2) is 5.16. The Kier molecular flexibility index (Phi) is 3.88. The summed E-state index contributed by atoms with van der Waals surface area (Å²) >= 11 is 0. The van der Waals surface area contributed by atoms with Crippen LogP contribution in [-0.2, 0) is 6.42 Å². The molecule has 0 spiro atoms. The maximum absolute atomic E-state index is 10.8. The molecule has 0 radical (unpaired) electrons. The van der Waals surface area contributed by atoms with Crippen LogP contribution in [0.25, 0.3) is 0 Å². The number of carbonyl (C=O) groups is 2. The summed E-state index contributed by atoms with van der Waals surface area (Å²) in [6.45, 7) is 1.84. The largest absolute Gasteiger partial charge is 0.511 e. The summed E-state index contributed by atoms with van der Waals surface area (Å²) in [5.74, 6) is 0.381. The monoisotopic (exact) mass is 224 g/mol. The first-order valence-corrected chi connectivity index (χ1v) is 4.69. The Hall–Kier alpha value is -2.04. The van der Waals surface area contributed by atoms with Crippen molar-refractivity contribution in [2.75, 3.05) is 7.11 Å². The normalized spacial score (nSPS) is 9.62. The molecular formula is C11H12O5. The van der Waals surface area contributed by atoms with Crippen molar-refractivity contribution in [3.05, 3.63) is 23.3 Å². The Morgan fingerprint density at radius 2 is 2.19 bits per heavy atom. The molecule has 0 aliphatic heterocycles. The van der Waals surface area contributed by atoms with Gasteiger partial charge in [0, 0.05) is 11.1 Å². The van der Waals surface area contributed by atoms with Crippen molar-refractivity contribution < 1.29 is 24.2 Å². The lowest BCUT2D eigenvalue weighted by molar-refractivity contribution is 0.112. The summed E-state index contributed by atoms with van der Waals surface area (Å²) in [6, 6.07) is 2.91. The molecule has 0 saturated carbocycles. The number of hydrogen-bond acceptors (Lipinski definition) is 4. The molecule has 16 heavy (non-hydrogen) atoms. The van der Waals surface area contributed by atoms with E-state index in [9.17, 15) is 9.59 Å². The van der Waals surface area contributed by atoms with E-state index in [0.29, 0.717) is 23.8 Å². The van der Waals surface area contributed by atoms with E-state index >= 15 is 0 Å². The van der Waals surface area contributed by atoms with Crippen molar-refractivity contribution in [3.8, 4) is 11.5 Å². The van der Waals surface area contributed by atoms with Gasteiger partial charge in [0.1, 0.15) is 6.29 Å². The van der Waals surface area contributed by atoms with Crippen LogP contribution in [0.1, 0.15) is 22.8 Å². The number of hydrogen-bond donors (Lipinski definition) is 1. The highest BCUT2D eigenvalue weighted by molar-refractivity contribution is 5.80. The summed E-state index contributed by atoms with van der Waals surface area (Å²) in [7, 11) is 1.40. The summed E-state index contributed by atoms with van der Waals surface area (Å²) in [5, 5.41) is 8.53. The number of rotatable bonds is 4. The third-order valence-corrected chi connectivity index (χ3v) is 2.14. The predicted molar refractivity (Wildman–Crippen MR) is 56.4 cm³/mol. The van der Waals surface area contributed by atoms with Crippen LogP contribution in [0.4, 0.5) is 4.79 Å². The molecule has 86 valence electrons. The first kappa shape index (κ1) is 12.0. The summed E-state index contributed by atoms with van der Waals surface area (Å²) < 4.78 is 9.62. The third-order valence-electron chi connectivity index (χ3n) is 2.14. The minimum absolute atomic E-state index is 0.0949. The van der Waals surface area contributed by atoms with E-state index in [4.69, 9.17) is 9.84 Å². The smallest absolute Gasteiger partial charge is 0.493 e. The van der Waals surface area contributed by atoms with Gasteiger partial charge in [0.2, 0.25) is 0 Å². The zero-order valence-corrected chi connectivity index (χ0v) is 9.02. The van der Waals surface area contributed by atoms with Crippen molar-refractivity contribution in [1.29, 1.82) is 0 Å². The number of benzene rings is 1. The number of aldehydes is 1. The van der Waals surface area contributed by atoms with E-state index in [0.717, 1.165) is 0 Å². The minimum atomic E-state index is -1.42. The van der Waals surface area contributed by atoms with Crippen LogP contribution in [-0.4, -0.2) is 24.7 Å². The van der Waals surface area contributed by atoms with Gasteiger partial charge in [-0.25, -0.2) is 4.79 Å². The lowest BCUT2D eigenvalue weighted by atomic mass is 10.0. The number of ether oxygens (including phenoxy) is 2. The highest BCUT2D eigenvalue weighted by Crippen LogP contribution is 2.33. The Morgan fingerprint density at radius 3 is 2.62 bits per heavy atom. The molecule has 5 nitrogen and oxygen atoms in total. The van der Waals surface area contributed by atoms with Crippen LogP contribution < -0.4 is 9.47 Å². The summed E-state index contributed by atoms with van der Waals surface area (Å²) in [6.07, 6.45) is -0.167. The molecular weight excluding hydrogens is 212 g/mol. The molecule has 0 aliphatic carbocycles. The first-order valence-electron chi connectivity index (χ1n) is 4.69. The summed E-state index contributed by atoms with van der Waals surface area (Å²) in [4.78, 5) is 21.2. The van der Waals surface area contributed by atoms with Gasteiger partial charge in [-0.2, -0.15) is 0 Å². The van der Waals surface area contributed by atoms with E-state index in [1.807, 2.05) is 6.92 Å². The fourth-order valence-electron chi connectivity index (χ4n) is 1.49. The van der Waals surface area contributed by atoms with E-state index < -0.39 is 6.16 Å². The Bertz CT molecular complexity index is 411. The maximum atomic E-state index is 10.8. The molecule has 1 aromatic carbocycles. The SMILES string of the molecule is CCc1c(C=O)ccc(OC(=O)O)c1OC. The van der Waals surface area contributed by atoms with E-state index in [-0.39, 0.29) is 11.5 Å². The standard InChI is InChI=1S/C11H12O5/c1-3-8-7(6-12)4-5-9(10(8)15-2)16-11(13)14/h4-6H,3H2,1-2H3,(H,13,14). The van der Waals surface area contributed by atoms with Gasteiger partial charge in [-0.05, 0) is 18.6 Å². The van der Waals surface area contributed by atoms with Gasteiger partial charge in [0.25, 0.3) is 0 Å². The lowest BCUT2D eigenvalue weighted by Crippen LogP contribution is -2.06. The molecule has 0 aromatic heterocycles. The molecule has 0 bridgehead atoms. The molecule has 0 heterocycles. The van der Waals surface area contributed by atoms with Crippen LogP contribution in [0, 0.1) is 0 Å². The number of carboxylic acid groups (broad SMARTS) is 1. The van der Waals surface area contributed by atoms with E-state index in [1.54, 1.807) is 0 Å². The highest BCUT2D eigenvalue weighted by Gasteiger charge is 2.15. The minimum Gasteiger partial charge on any atom is -0.493 e. The van der Waals surface area contributed by atoms with Crippen LogP contribution in [0.3, 0.4) is 0 Å². The Morgan fingerprint density at radius 1 is 1.50 bits per heavy atom. The predicted octanol–water partition coefficient (Wildman–Crippen LogP) is 2.13. The van der Waals surface area contributed by atoms with Crippen LogP contribution >= 0.6 is 0 Å².